The Bertz CT molecular complexity index is 1160. The van der Waals surface area contributed by atoms with E-state index in [1.165, 1.54) is 6.20 Å². The first kappa shape index (κ1) is 24.9. The zero-order valence-corrected chi connectivity index (χ0v) is 20.8. The third kappa shape index (κ3) is 4.56. The van der Waals surface area contributed by atoms with Crippen LogP contribution in [0, 0.1) is 5.41 Å². The molecule has 1 spiro atoms. The summed E-state index contributed by atoms with van der Waals surface area (Å²) in [6, 6.07) is 10.7. The molecule has 2 saturated heterocycles. The van der Waals surface area contributed by atoms with Crippen LogP contribution < -0.4 is 25.8 Å². The third-order valence-electron chi connectivity index (χ3n) is 7.19. The molecule has 2 aliphatic heterocycles. The molecule has 2 fully saturated rings. The van der Waals surface area contributed by atoms with Crippen molar-refractivity contribution in [3.8, 4) is 11.5 Å². The third-order valence-corrected chi connectivity index (χ3v) is 7.50. The number of methoxy groups -OCH3 is 2. The summed E-state index contributed by atoms with van der Waals surface area (Å²) in [5.41, 5.74) is 13.8. The van der Waals surface area contributed by atoms with E-state index in [1.54, 1.807) is 37.3 Å². The average Bonchev–Trinajstić information content (AvgIpc) is 3.20. The first-order chi connectivity index (χ1) is 16.9. The van der Waals surface area contributed by atoms with Gasteiger partial charge in [-0.05, 0) is 61.4 Å². The fourth-order valence-corrected chi connectivity index (χ4v) is 5.27. The number of amides is 2. The largest absolute Gasteiger partial charge is 0.497 e. The van der Waals surface area contributed by atoms with Gasteiger partial charge in [-0.3, -0.25) is 9.59 Å². The number of ether oxygens (including phenoxy) is 2. The van der Waals surface area contributed by atoms with E-state index in [2.05, 4.69) is 0 Å². The molecule has 0 saturated carbocycles. The van der Waals surface area contributed by atoms with Gasteiger partial charge in [0.15, 0.2) is 0 Å². The Morgan fingerprint density at radius 1 is 1.06 bits per heavy atom. The highest BCUT2D eigenvalue weighted by atomic mass is 35.5. The van der Waals surface area contributed by atoms with Crippen molar-refractivity contribution in [2.45, 2.75) is 19.3 Å². The van der Waals surface area contributed by atoms with Crippen LogP contribution in [-0.4, -0.2) is 57.1 Å². The van der Waals surface area contributed by atoms with E-state index in [1.807, 2.05) is 23.1 Å². The smallest absolute Gasteiger partial charge is 0.255 e. The molecule has 0 bridgehead atoms. The number of likely N-dealkylation sites (tertiary alicyclic amines) is 1. The number of hydrogen-bond donors (Lipinski definition) is 2. The summed E-state index contributed by atoms with van der Waals surface area (Å²) in [5.74, 6) is 1.19. The minimum atomic E-state index is -0.466. The number of carbonyl (C=O) groups is 2. The molecule has 2 aromatic rings. The van der Waals surface area contributed by atoms with Gasteiger partial charge in [-0.2, -0.15) is 0 Å². The van der Waals surface area contributed by atoms with E-state index < -0.39 is 5.41 Å². The molecule has 9 heteroatoms. The number of nitrogens with two attached hydrogens (primary N) is 2. The number of benzene rings is 2. The lowest BCUT2D eigenvalue weighted by molar-refractivity contribution is -0.127. The molecule has 2 aliphatic rings. The highest BCUT2D eigenvalue weighted by Crippen LogP contribution is 2.44. The highest BCUT2D eigenvalue weighted by molar-refractivity contribution is 6.34. The molecule has 186 valence electrons. The Balaban J connectivity index is 1.47. The lowest BCUT2D eigenvalue weighted by Crippen LogP contribution is -2.46. The average molecular weight is 499 g/mol. The van der Waals surface area contributed by atoms with Gasteiger partial charge in [0.05, 0.1) is 30.2 Å². The molecule has 8 nitrogen and oxygen atoms in total. The van der Waals surface area contributed by atoms with Crippen molar-refractivity contribution in [3.63, 3.8) is 0 Å². The van der Waals surface area contributed by atoms with E-state index in [-0.39, 0.29) is 18.4 Å². The second kappa shape index (κ2) is 10.2. The Morgan fingerprint density at radius 3 is 2.34 bits per heavy atom. The summed E-state index contributed by atoms with van der Waals surface area (Å²) in [5, 5.41) is 0.359. The van der Waals surface area contributed by atoms with Crippen LogP contribution in [0.2, 0.25) is 5.02 Å². The molecule has 0 radical (unpaired) electrons. The van der Waals surface area contributed by atoms with Gasteiger partial charge in [0.25, 0.3) is 5.91 Å². The SMILES string of the molecule is COc1ccc(C(=O)N2CCC3(CC2)CCN(c2ccc(/C(=C/N)CN)c(OC)c2)C3=O)c(Cl)c1. The number of halogens is 1. The van der Waals surface area contributed by atoms with Crippen molar-refractivity contribution in [1.82, 2.24) is 4.90 Å². The van der Waals surface area contributed by atoms with Crippen molar-refractivity contribution in [3.05, 3.63) is 58.7 Å². The second-order valence-corrected chi connectivity index (χ2v) is 9.31. The first-order valence-corrected chi connectivity index (χ1v) is 12.0. The van der Waals surface area contributed by atoms with E-state index in [4.69, 9.17) is 32.5 Å². The zero-order valence-electron chi connectivity index (χ0n) is 20.1. The van der Waals surface area contributed by atoms with Crippen LogP contribution >= 0.6 is 11.6 Å². The van der Waals surface area contributed by atoms with Crippen LogP contribution in [0.5, 0.6) is 11.5 Å². The summed E-state index contributed by atoms with van der Waals surface area (Å²) in [7, 11) is 3.14. The predicted octanol–water partition coefficient (Wildman–Crippen LogP) is 3.27. The van der Waals surface area contributed by atoms with Crippen molar-refractivity contribution in [2.75, 3.05) is 45.3 Å². The maximum atomic E-state index is 13.6. The fraction of sp³-hybridized carbons (Fsp3) is 0.385. The number of carbonyl (C=O) groups excluding carboxylic acids is 2. The van der Waals surface area contributed by atoms with Crippen LogP contribution in [-0.2, 0) is 4.79 Å². The van der Waals surface area contributed by atoms with Gasteiger partial charge in [0.1, 0.15) is 11.5 Å². The van der Waals surface area contributed by atoms with Gasteiger partial charge in [0.2, 0.25) is 5.91 Å². The Labute approximate surface area is 210 Å². The van der Waals surface area contributed by atoms with Gasteiger partial charge in [-0.1, -0.05) is 11.6 Å². The number of piperidine rings is 1. The van der Waals surface area contributed by atoms with Gasteiger partial charge < -0.3 is 30.7 Å². The molecular formula is C26H31ClN4O4. The molecule has 2 amide bonds. The standard InChI is InChI=1S/C26H31ClN4O4/c1-34-19-4-6-21(22(27)14-19)24(32)30-10-7-26(8-11-30)9-12-31(25(26)33)18-3-5-20(17(15-28)16-29)23(13-18)35-2/h3-6,13-15H,7-12,16,28-29H2,1-2H3/b17-15+. The molecule has 35 heavy (non-hydrogen) atoms. The lowest BCUT2D eigenvalue weighted by Gasteiger charge is -2.38. The van der Waals surface area contributed by atoms with Gasteiger partial charge in [-0.15, -0.1) is 0 Å². The van der Waals surface area contributed by atoms with Crippen molar-refractivity contribution in [1.29, 1.82) is 0 Å². The topological polar surface area (TPSA) is 111 Å². The van der Waals surface area contributed by atoms with Crippen LogP contribution in [0.3, 0.4) is 0 Å². The molecule has 4 rings (SSSR count). The van der Waals surface area contributed by atoms with E-state index in [9.17, 15) is 9.59 Å². The Morgan fingerprint density at radius 2 is 1.74 bits per heavy atom. The van der Waals surface area contributed by atoms with Crippen molar-refractivity contribution >= 4 is 34.7 Å². The van der Waals surface area contributed by atoms with Crippen LogP contribution in [0.1, 0.15) is 35.2 Å². The summed E-state index contributed by atoms with van der Waals surface area (Å²) < 4.78 is 10.7. The number of nitrogens with zero attached hydrogens (tertiary/aromatic N) is 2. The molecule has 0 aromatic heterocycles. The van der Waals surface area contributed by atoms with Crippen LogP contribution in [0.15, 0.2) is 42.6 Å². The van der Waals surface area contributed by atoms with Gasteiger partial charge in [-0.25, -0.2) is 0 Å². The first-order valence-electron chi connectivity index (χ1n) is 11.6. The van der Waals surface area contributed by atoms with Gasteiger partial charge in [0, 0.05) is 43.5 Å². The molecular weight excluding hydrogens is 468 g/mol. The van der Waals surface area contributed by atoms with Gasteiger partial charge >= 0.3 is 0 Å². The summed E-state index contributed by atoms with van der Waals surface area (Å²) in [4.78, 5) is 30.2. The number of hydrogen-bond acceptors (Lipinski definition) is 6. The summed E-state index contributed by atoms with van der Waals surface area (Å²) >= 11 is 6.31. The molecule has 0 atom stereocenters. The van der Waals surface area contributed by atoms with Crippen LogP contribution in [0.25, 0.3) is 5.57 Å². The van der Waals surface area contributed by atoms with E-state index in [0.29, 0.717) is 54.6 Å². The molecule has 0 unspecified atom stereocenters. The highest BCUT2D eigenvalue weighted by Gasteiger charge is 2.49. The predicted molar refractivity (Wildman–Crippen MR) is 137 cm³/mol. The van der Waals surface area contributed by atoms with Crippen LogP contribution in [0.4, 0.5) is 5.69 Å². The normalized spacial score (nSPS) is 17.7. The minimum absolute atomic E-state index is 0.0929. The molecule has 2 aromatic carbocycles. The number of rotatable bonds is 6. The quantitative estimate of drug-likeness (QED) is 0.632. The van der Waals surface area contributed by atoms with Crippen molar-refractivity contribution < 1.29 is 19.1 Å². The summed E-state index contributed by atoms with van der Waals surface area (Å²) in [6.45, 7) is 1.92. The molecule has 2 heterocycles. The van der Waals surface area contributed by atoms with E-state index >= 15 is 0 Å². The maximum Gasteiger partial charge on any atom is 0.255 e. The minimum Gasteiger partial charge on any atom is -0.497 e. The fourth-order valence-electron chi connectivity index (χ4n) is 5.02. The Hall–Kier alpha value is -3.23. The second-order valence-electron chi connectivity index (χ2n) is 8.91. The summed E-state index contributed by atoms with van der Waals surface area (Å²) in [6.07, 6.45) is 3.45. The molecule has 4 N–H and O–H groups in total. The molecule has 0 aliphatic carbocycles. The van der Waals surface area contributed by atoms with E-state index in [0.717, 1.165) is 23.2 Å². The Kier molecular flexibility index (Phi) is 7.23. The monoisotopic (exact) mass is 498 g/mol. The lowest BCUT2D eigenvalue weighted by atomic mass is 9.77. The maximum absolute atomic E-state index is 13.6. The number of anilines is 1. The zero-order chi connectivity index (χ0) is 25.2. The van der Waals surface area contributed by atoms with Crippen molar-refractivity contribution in [2.24, 2.45) is 16.9 Å².